The number of aryl methyl sites for hydroxylation is 1. The summed E-state index contributed by atoms with van der Waals surface area (Å²) >= 11 is 0. The molecule has 1 unspecified atom stereocenters. The van der Waals surface area contributed by atoms with E-state index in [1.807, 2.05) is 25.1 Å². The van der Waals surface area contributed by atoms with Crippen LogP contribution in [-0.4, -0.2) is 20.3 Å². The van der Waals surface area contributed by atoms with Crippen LogP contribution in [0, 0.1) is 6.92 Å². The summed E-state index contributed by atoms with van der Waals surface area (Å²) in [5.74, 6) is 2.04. The molecule has 118 valence electrons. The number of hydrogen-bond acceptors (Lipinski definition) is 3. The number of methoxy groups -OCH3 is 1. The summed E-state index contributed by atoms with van der Waals surface area (Å²) < 4.78 is 11.1. The van der Waals surface area contributed by atoms with Gasteiger partial charge in [0.1, 0.15) is 11.5 Å². The first-order valence-corrected chi connectivity index (χ1v) is 7.74. The quantitative estimate of drug-likeness (QED) is 0.848. The summed E-state index contributed by atoms with van der Waals surface area (Å²) in [6.45, 7) is 5.34. The second-order valence-corrected chi connectivity index (χ2v) is 5.46. The van der Waals surface area contributed by atoms with Crippen molar-refractivity contribution in [2.45, 2.75) is 26.2 Å². The maximum Gasteiger partial charge on any atom is 0.122 e. The van der Waals surface area contributed by atoms with E-state index < -0.39 is 0 Å². The molecule has 2 rings (SSSR count). The molecule has 1 atom stereocenters. The summed E-state index contributed by atoms with van der Waals surface area (Å²) in [6, 6.07) is 14.5. The fourth-order valence-electron chi connectivity index (χ4n) is 2.68. The lowest BCUT2D eigenvalue weighted by Gasteiger charge is -2.20. The third-order valence-corrected chi connectivity index (χ3v) is 3.81. The van der Waals surface area contributed by atoms with Crippen LogP contribution < -0.4 is 15.2 Å². The number of nitrogens with two attached hydrogens (primary N) is 1. The molecule has 2 N–H and O–H groups in total. The van der Waals surface area contributed by atoms with E-state index in [0.717, 1.165) is 17.9 Å². The molecule has 0 heterocycles. The second-order valence-electron chi connectivity index (χ2n) is 5.46. The molecule has 0 saturated heterocycles. The van der Waals surface area contributed by atoms with E-state index in [9.17, 15) is 0 Å². The number of ether oxygens (including phenoxy) is 2. The molecule has 0 bridgehead atoms. The molecule has 0 amide bonds. The highest BCUT2D eigenvalue weighted by Crippen LogP contribution is 2.30. The van der Waals surface area contributed by atoms with E-state index in [1.165, 1.54) is 16.7 Å². The molecule has 0 fully saturated rings. The van der Waals surface area contributed by atoms with Crippen molar-refractivity contribution in [1.82, 2.24) is 0 Å². The Morgan fingerprint density at radius 3 is 2.64 bits per heavy atom. The maximum atomic E-state index is 6.05. The summed E-state index contributed by atoms with van der Waals surface area (Å²) in [4.78, 5) is 0. The highest BCUT2D eigenvalue weighted by Gasteiger charge is 2.16. The van der Waals surface area contributed by atoms with Gasteiger partial charge in [-0.05, 0) is 56.1 Å². The Labute approximate surface area is 133 Å². The van der Waals surface area contributed by atoms with Crippen LogP contribution in [0.2, 0.25) is 0 Å². The zero-order valence-electron chi connectivity index (χ0n) is 13.6. The maximum absolute atomic E-state index is 6.05. The van der Waals surface area contributed by atoms with Gasteiger partial charge in [0.2, 0.25) is 0 Å². The van der Waals surface area contributed by atoms with E-state index in [0.29, 0.717) is 13.2 Å². The molecule has 0 aromatic heterocycles. The van der Waals surface area contributed by atoms with Gasteiger partial charge in [-0.15, -0.1) is 0 Å². The molecule has 0 spiro atoms. The fraction of sp³-hybridized carbons (Fsp3) is 0.368. The molecular weight excluding hydrogens is 274 g/mol. The van der Waals surface area contributed by atoms with E-state index >= 15 is 0 Å². The Bertz CT molecular complexity index is 610. The summed E-state index contributed by atoms with van der Waals surface area (Å²) in [5, 5.41) is 0. The van der Waals surface area contributed by atoms with Gasteiger partial charge in [0.05, 0.1) is 13.7 Å². The van der Waals surface area contributed by atoms with Crippen LogP contribution in [0.1, 0.15) is 29.5 Å². The lowest BCUT2D eigenvalue weighted by molar-refractivity contribution is 0.334. The lowest BCUT2D eigenvalue weighted by atomic mass is 9.90. The zero-order chi connectivity index (χ0) is 15.9. The van der Waals surface area contributed by atoms with Crippen LogP contribution in [0.3, 0.4) is 0 Å². The first-order valence-electron chi connectivity index (χ1n) is 7.74. The van der Waals surface area contributed by atoms with E-state index in [1.54, 1.807) is 7.11 Å². The van der Waals surface area contributed by atoms with Gasteiger partial charge in [0.15, 0.2) is 0 Å². The molecular formula is C19H25NO2. The van der Waals surface area contributed by atoms with E-state index in [-0.39, 0.29) is 5.92 Å². The van der Waals surface area contributed by atoms with E-state index in [4.69, 9.17) is 15.2 Å². The average Bonchev–Trinajstić information content (AvgIpc) is 2.55. The summed E-state index contributed by atoms with van der Waals surface area (Å²) in [7, 11) is 1.69. The molecule has 3 nitrogen and oxygen atoms in total. The minimum atomic E-state index is 0.230. The minimum Gasteiger partial charge on any atom is -0.497 e. The Balaban J connectivity index is 2.29. The highest BCUT2D eigenvalue weighted by molar-refractivity contribution is 5.41. The number of hydrogen-bond donors (Lipinski definition) is 1. The van der Waals surface area contributed by atoms with E-state index in [2.05, 4.69) is 31.2 Å². The Kier molecular flexibility index (Phi) is 5.84. The normalized spacial score (nSPS) is 12.0. The van der Waals surface area contributed by atoms with Gasteiger partial charge < -0.3 is 15.2 Å². The predicted molar refractivity (Wildman–Crippen MR) is 90.8 cm³/mol. The van der Waals surface area contributed by atoms with Crippen molar-refractivity contribution in [2.75, 3.05) is 20.3 Å². The summed E-state index contributed by atoms with van der Waals surface area (Å²) in [6.07, 6.45) is 0.872. The average molecular weight is 299 g/mol. The molecule has 0 aliphatic carbocycles. The van der Waals surface area contributed by atoms with Crippen molar-refractivity contribution in [1.29, 1.82) is 0 Å². The standard InChI is InChI=1S/C19H25NO2/c1-4-22-19-9-8-14(2)10-18(19)16(13-20)11-15-6-5-7-17(12-15)21-3/h5-10,12,16H,4,11,13,20H2,1-3H3. The molecule has 2 aromatic carbocycles. The largest absolute Gasteiger partial charge is 0.497 e. The zero-order valence-corrected chi connectivity index (χ0v) is 13.6. The van der Waals surface area contributed by atoms with Crippen LogP contribution in [0.4, 0.5) is 0 Å². The topological polar surface area (TPSA) is 44.5 Å². The Hall–Kier alpha value is -2.00. The van der Waals surface area contributed by atoms with Crippen molar-refractivity contribution in [2.24, 2.45) is 5.73 Å². The fourth-order valence-corrected chi connectivity index (χ4v) is 2.68. The van der Waals surface area contributed by atoms with Gasteiger partial charge in [0.25, 0.3) is 0 Å². The van der Waals surface area contributed by atoms with Crippen molar-refractivity contribution < 1.29 is 9.47 Å². The molecule has 0 radical (unpaired) electrons. The molecule has 22 heavy (non-hydrogen) atoms. The summed E-state index contributed by atoms with van der Waals surface area (Å²) in [5.41, 5.74) is 9.68. The van der Waals surface area contributed by atoms with Crippen LogP contribution in [-0.2, 0) is 6.42 Å². The van der Waals surface area contributed by atoms with Crippen LogP contribution >= 0.6 is 0 Å². The van der Waals surface area contributed by atoms with Crippen molar-refractivity contribution >= 4 is 0 Å². The molecule has 0 aliphatic heterocycles. The van der Waals surface area contributed by atoms with Gasteiger partial charge in [0, 0.05) is 5.92 Å². The van der Waals surface area contributed by atoms with Crippen molar-refractivity contribution in [3.05, 3.63) is 59.2 Å². The highest BCUT2D eigenvalue weighted by atomic mass is 16.5. The first kappa shape index (κ1) is 16.4. The monoisotopic (exact) mass is 299 g/mol. The van der Waals surface area contributed by atoms with Gasteiger partial charge in [-0.1, -0.05) is 29.8 Å². The predicted octanol–water partition coefficient (Wildman–Crippen LogP) is 3.69. The lowest BCUT2D eigenvalue weighted by Crippen LogP contribution is -2.16. The molecule has 0 saturated carbocycles. The van der Waals surface area contributed by atoms with Crippen LogP contribution in [0.15, 0.2) is 42.5 Å². The van der Waals surface area contributed by atoms with Gasteiger partial charge in [-0.25, -0.2) is 0 Å². The number of benzene rings is 2. The van der Waals surface area contributed by atoms with Gasteiger partial charge >= 0.3 is 0 Å². The van der Waals surface area contributed by atoms with Crippen molar-refractivity contribution in [3.63, 3.8) is 0 Å². The molecule has 2 aromatic rings. The van der Waals surface area contributed by atoms with Crippen molar-refractivity contribution in [3.8, 4) is 11.5 Å². The third kappa shape index (κ3) is 4.01. The Morgan fingerprint density at radius 1 is 1.14 bits per heavy atom. The number of rotatable bonds is 7. The Morgan fingerprint density at radius 2 is 1.95 bits per heavy atom. The smallest absolute Gasteiger partial charge is 0.122 e. The second kappa shape index (κ2) is 7.85. The van der Waals surface area contributed by atoms with Gasteiger partial charge in [-0.3, -0.25) is 0 Å². The third-order valence-electron chi connectivity index (χ3n) is 3.81. The first-order chi connectivity index (χ1) is 10.7. The molecule has 3 heteroatoms. The minimum absolute atomic E-state index is 0.230. The van der Waals surface area contributed by atoms with Crippen LogP contribution in [0.25, 0.3) is 0 Å². The van der Waals surface area contributed by atoms with Gasteiger partial charge in [-0.2, -0.15) is 0 Å². The molecule has 0 aliphatic rings. The SMILES string of the molecule is CCOc1ccc(C)cc1C(CN)Cc1cccc(OC)c1. The van der Waals surface area contributed by atoms with Crippen LogP contribution in [0.5, 0.6) is 11.5 Å².